The lowest BCUT2D eigenvalue weighted by Crippen LogP contribution is -2.14. The fourth-order valence-electron chi connectivity index (χ4n) is 2.73. The number of carbonyl (C=O) groups excluding carboxylic acids is 1. The van der Waals surface area contributed by atoms with Crippen LogP contribution in [-0.4, -0.2) is 28.5 Å². The number of hydrogen-bond donors (Lipinski definition) is 2. The lowest BCUT2D eigenvalue weighted by Gasteiger charge is -2.12. The Balaban J connectivity index is 1.73. The first-order valence-electron chi connectivity index (χ1n) is 9.05. The predicted octanol–water partition coefficient (Wildman–Crippen LogP) is 4.07. The topological polar surface area (TPSA) is 93.7 Å². The molecule has 0 aliphatic heterocycles. The molecule has 3 aromatic carbocycles. The summed E-state index contributed by atoms with van der Waals surface area (Å²) in [6, 6.07) is 17.9. The van der Waals surface area contributed by atoms with Crippen LogP contribution in [0.25, 0.3) is 0 Å². The number of benzene rings is 3. The number of ether oxygens (including phenoxy) is 2. The molecule has 0 aliphatic carbocycles. The average molecular weight is 426 g/mol. The van der Waals surface area contributed by atoms with Crippen molar-refractivity contribution in [3.8, 4) is 11.5 Å². The van der Waals surface area contributed by atoms with Crippen molar-refractivity contribution in [2.75, 3.05) is 24.3 Å². The fourth-order valence-corrected chi connectivity index (χ4v) is 3.80. The van der Waals surface area contributed by atoms with E-state index in [1.54, 1.807) is 12.1 Å². The molecule has 0 atom stereocenters. The van der Waals surface area contributed by atoms with Gasteiger partial charge in [-0.25, -0.2) is 8.42 Å². The maximum Gasteiger partial charge on any atom is 0.262 e. The van der Waals surface area contributed by atoms with Gasteiger partial charge in [0.1, 0.15) is 0 Å². The van der Waals surface area contributed by atoms with Gasteiger partial charge in [0.15, 0.2) is 11.5 Å². The monoisotopic (exact) mass is 426 g/mol. The molecule has 7 nitrogen and oxygen atoms in total. The Morgan fingerprint density at radius 2 is 1.40 bits per heavy atom. The zero-order valence-electron chi connectivity index (χ0n) is 16.8. The molecule has 8 heteroatoms. The summed E-state index contributed by atoms with van der Waals surface area (Å²) in [5, 5.41) is 2.80. The molecule has 0 aliphatic rings. The first-order chi connectivity index (χ1) is 14.3. The van der Waals surface area contributed by atoms with E-state index < -0.39 is 10.0 Å². The summed E-state index contributed by atoms with van der Waals surface area (Å²) < 4.78 is 38.1. The minimum atomic E-state index is -3.84. The van der Waals surface area contributed by atoms with Gasteiger partial charge in [-0.05, 0) is 55.5 Å². The van der Waals surface area contributed by atoms with Crippen LogP contribution < -0.4 is 19.5 Å². The number of amides is 1. The number of hydrogen-bond acceptors (Lipinski definition) is 5. The zero-order chi connectivity index (χ0) is 21.7. The van der Waals surface area contributed by atoms with E-state index in [1.807, 2.05) is 31.2 Å². The summed E-state index contributed by atoms with van der Waals surface area (Å²) in [5.41, 5.74) is 2.52. The smallest absolute Gasteiger partial charge is 0.262 e. The first kappa shape index (κ1) is 21.2. The van der Waals surface area contributed by atoms with Crippen LogP contribution in [0, 0.1) is 6.92 Å². The third kappa shape index (κ3) is 4.90. The summed E-state index contributed by atoms with van der Waals surface area (Å²) in [5.74, 6) is 0.456. The molecule has 0 bridgehead atoms. The quantitative estimate of drug-likeness (QED) is 0.594. The molecular weight excluding hydrogens is 404 g/mol. The molecule has 2 N–H and O–H groups in total. The molecule has 0 unspecified atom stereocenters. The van der Waals surface area contributed by atoms with E-state index in [9.17, 15) is 13.2 Å². The number of anilines is 2. The fraction of sp³-hybridized carbons (Fsp3) is 0.136. The summed E-state index contributed by atoms with van der Waals surface area (Å²) in [6.45, 7) is 1.97. The Hall–Kier alpha value is -3.52. The van der Waals surface area contributed by atoms with E-state index >= 15 is 0 Å². The van der Waals surface area contributed by atoms with Crippen LogP contribution >= 0.6 is 0 Å². The highest BCUT2D eigenvalue weighted by Crippen LogP contribution is 2.30. The van der Waals surface area contributed by atoms with Gasteiger partial charge >= 0.3 is 0 Å². The van der Waals surface area contributed by atoms with Gasteiger partial charge in [0.2, 0.25) is 0 Å². The highest BCUT2D eigenvalue weighted by atomic mass is 32.2. The van der Waals surface area contributed by atoms with Gasteiger partial charge in [-0.3, -0.25) is 9.52 Å². The Kier molecular flexibility index (Phi) is 6.27. The van der Waals surface area contributed by atoms with E-state index in [-0.39, 0.29) is 10.8 Å². The van der Waals surface area contributed by atoms with Gasteiger partial charge in [-0.2, -0.15) is 0 Å². The van der Waals surface area contributed by atoms with Crippen LogP contribution in [0.4, 0.5) is 11.4 Å². The Morgan fingerprint density at radius 3 is 2.00 bits per heavy atom. The second kappa shape index (κ2) is 8.87. The van der Waals surface area contributed by atoms with Crippen molar-refractivity contribution in [3.63, 3.8) is 0 Å². The van der Waals surface area contributed by atoms with Crippen molar-refractivity contribution in [2.24, 2.45) is 0 Å². The van der Waals surface area contributed by atoms with Gasteiger partial charge in [-0.15, -0.1) is 0 Å². The predicted molar refractivity (Wildman–Crippen MR) is 116 cm³/mol. The molecule has 30 heavy (non-hydrogen) atoms. The van der Waals surface area contributed by atoms with Gasteiger partial charge in [0.05, 0.1) is 19.1 Å². The van der Waals surface area contributed by atoms with E-state index in [2.05, 4.69) is 10.0 Å². The SMILES string of the molecule is COc1ccc(S(=O)(=O)Nc2ccc(C(=O)Nc3ccc(C)cc3)cc2)cc1OC. The normalized spacial score (nSPS) is 10.9. The highest BCUT2D eigenvalue weighted by molar-refractivity contribution is 7.92. The van der Waals surface area contributed by atoms with Crippen LogP contribution in [0.5, 0.6) is 11.5 Å². The number of nitrogens with one attached hydrogen (secondary N) is 2. The van der Waals surface area contributed by atoms with Crippen LogP contribution in [0.2, 0.25) is 0 Å². The molecule has 0 saturated carbocycles. The molecule has 1 amide bonds. The maximum atomic E-state index is 12.7. The molecule has 0 aromatic heterocycles. The van der Waals surface area contributed by atoms with E-state index in [0.717, 1.165) is 5.56 Å². The largest absolute Gasteiger partial charge is 0.493 e. The molecule has 0 heterocycles. The molecule has 0 saturated heterocycles. The van der Waals surface area contributed by atoms with Gasteiger partial charge in [0, 0.05) is 23.0 Å². The minimum absolute atomic E-state index is 0.0290. The molecule has 0 fully saturated rings. The second-order valence-corrected chi connectivity index (χ2v) is 8.20. The van der Waals surface area contributed by atoms with Crippen LogP contribution in [-0.2, 0) is 10.0 Å². The number of rotatable bonds is 7. The minimum Gasteiger partial charge on any atom is -0.493 e. The van der Waals surface area contributed by atoms with Crippen molar-refractivity contribution >= 4 is 27.3 Å². The Bertz CT molecular complexity index is 1140. The standard InChI is InChI=1S/C22H22N2O5S/c1-15-4-8-17(9-5-15)23-22(25)16-6-10-18(11-7-16)24-30(26,27)19-12-13-20(28-2)21(14-19)29-3/h4-14,24H,1-3H3,(H,23,25). The molecule has 0 spiro atoms. The van der Waals surface area contributed by atoms with Gasteiger partial charge in [0.25, 0.3) is 15.9 Å². The van der Waals surface area contributed by atoms with Crippen LogP contribution in [0.1, 0.15) is 15.9 Å². The number of methoxy groups -OCH3 is 2. The highest BCUT2D eigenvalue weighted by Gasteiger charge is 2.17. The van der Waals surface area contributed by atoms with Crippen LogP contribution in [0.3, 0.4) is 0 Å². The van der Waals surface area contributed by atoms with Crippen molar-refractivity contribution in [1.29, 1.82) is 0 Å². The average Bonchev–Trinajstić information content (AvgIpc) is 2.75. The third-order valence-electron chi connectivity index (χ3n) is 4.37. The molecular formula is C22H22N2O5S. The molecule has 3 aromatic rings. The summed E-state index contributed by atoms with van der Waals surface area (Å²) >= 11 is 0. The van der Waals surface area contributed by atoms with Gasteiger partial charge in [-0.1, -0.05) is 17.7 Å². The van der Waals surface area contributed by atoms with Crippen molar-refractivity contribution in [3.05, 3.63) is 77.9 Å². The molecule has 156 valence electrons. The molecule has 0 radical (unpaired) electrons. The second-order valence-electron chi connectivity index (χ2n) is 6.52. The number of sulfonamides is 1. The van der Waals surface area contributed by atoms with Gasteiger partial charge < -0.3 is 14.8 Å². The van der Waals surface area contributed by atoms with E-state index in [4.69, 9.17) is 9.47 Å². The Morgan fingerprint density at radius 1 is 0.800 bits per heavy atom. The lowest BCUT2D eigenvalue weighted by molar-refractivity contribution is 0.102. The number of carbonyl (C=O) groups is 1. The first-order valence-corrected chi connectivity index (χ1v) is 10.5. The third-order valence-corrected chi connectivity index (χ3v) is 5.75. The lowest BCUT2D eigenvalue weighted by atomic mass is 10.2. The Labute approximate surface area is 175 Å². The number of aryl methyl sites for hydroxylation is 1. The molecule has 3 rings (SSSR count). The van der Waals surface area contributed by atoms with E-state index in [0.29, 0.717) is 28.4 Å². The van der Waals surface area contributed by atoms with Crippen molar-refractivity contribution < 1.29 is 22.7 Å². The summed E-state index contributed by atoms with van der Waals surface area (Å²) in [6.07, 6.45) is 0. The zero-order valence-corrected chi connectivity index (χ0v) is 17.6. The summed E-state index contributed by atoms with van der Waals surface area (Å²) in [7, 11) is -0.937. The van der Waals surface area contributed by atoms with Crippen LogP contribution in [0.15, 0.2) is 71.6 Å². The maximum absolute atomic E-state index is 12.7. The van der Waals surface area contributed by atoms with Crippen molar-refractivity contribution in [1.82, 2.24) is 0 Å². The summed E-state index contributed by atoms with van der Waals surface area (Å²) in [4.78, 5) is 12.4. The van der Waals surface area contributed by atoms with Crippen molar-refractivity contribution in [2.45, 2.75) is 11.8 Å². The van der Waals surface area contributed by atoms with E-state index in [1.165, 1.54) is 44.6 Å².